The highest BCUT2D eigenvalue weighted by molar-refractivity contribution is 7.18. The van der Waals surface area contributed by atoms with E-state index in [0.717, 1.165) is 22.5 Å². The molecular weight excluding hydrogens is 343 g/mol. The van der Waals surface area contributed by atoms with Gasteiger partial charge in [-0.15, -0.1) is 11.3 Å². The minimum Gasteiger partial charge on any atom is -0.237 e. The summed E-state index contributed by atoms with van der Waals surface area (Å²) in [4.78, 5) is 4.25. The van der Waals surface area contributed by atoms with E-state index >= 15 is 0 Å². The van der Waals surface area contributed by atoms with Gasteiger partial charge in [-0.25, -0.2) is 18.2 Å². The monoisotopic (exact) mass is 355 g/mol. The number of hydrogen-bond donors (Lipinski definition) is 0. The number of aromatic nitrogens is 1. The van der Waals surface area contributed by atoms with Gasteiger partial charge in [-0.3, -0.25) is 0 Å². The molecule has 5 heteroatoms. The van der Waals surface area contributed by atoms with Crippen LogP contribution >= 0.6 is 11.3 Å². The molecule has 0 saturated heterocycles. The molecule has 4 aromatic rings. The first-order valence-corrected chi connectivity index (χ1v) is 8.50. The zero-order chi connectivity index (χ0) is 17.4. The Hall–Kier alpha value is -2.66. The van der Waals surface area contributed by atoms with Gasteiger partial charge in [-0.05, 0) is 11.1 Å². The SMILES string of the molecule is Fc1cc(F)c2sc(C(c3ccccc3)c3ccccc3)nc2c1F. The Morgan fingerprint density at radius 2 is 1.32 bits per heavy atom. The summed E-state index contributed by atoms with van der Waals surface area (Å²) in [5.41, 5.74) is 1.65. The normalized spacial score (nSPS) is 11.4. The van der Waals surface area contributed by atoms with Crippen LogP contribution < -0.4 is 0 Å². The molecule has 1 nitrogen and oxygen atoms in total. The summed E-state index contributed by atoms with van der Waals surface area (Å²) >= 11 is 1.05. The molecule has 0 amide bonds. The molecule has 3 aromatic carbocycles. The predicted octanol–water partition coefficient (Wildman–Crippen LogP) is 5.89. The van der Waals surface area contributed by atoms with Gasteiger partial charge in [0.1, 0.15) is 16.3 Å². The lowest BCUT2D eigenvalue weighted by Gasteiger charge is -2.15. The summed E-state index contributed by atoms with van der Waals surface area (Å²) in [7, 11) is 0. The van der Waals surface area contributed by atoms with Crippen molar-refractivity contribution in [2.45, 2.75) is 5.92 Å². The fraction of sp³-hybridized carbons (Fsp3) is 0.0500. The van der Waals surface area contributed by atoms with Crippen molar-refractivity contribution in [3.05, 3.63) is 100 Å². The molecule has 0 unspecified atom stereocenters. The van der Waals surface area contributed by atoms with Gasteiger partial charge in [-0.2, -0.15) is 0 Å². The van der Waals surface area contributed by atoms with Gasteiger partial charge in [0, 0.05) is 6.07 Å². The topological polar surface area (TPSA) is 12.9 Å². The Balaban J connectivity index is 1.96. The second-order valence-electron chi connectivity index (χ2n) is 5.64. The summed E-state index contributed by atoms with van der Waals surface area (Å²) in [6.45, 7) is 0. The molecule has 4 rings (SSSR count). The molecule has 25 heavy (non-hydrogen) atoms. The molecule has 0 saturated carbocycles. The van der Waals surface area contributed by atoms with E-state index in [4.69, 9.17) is 0 Å². The molecule has 0 spiro atoms. The van der Waals surface area contributed by atoms with Gasteiger partial charge in [0.15, 0.2) is 11.6 Å². The number of hydrogen-bond acceptors (Lipinski definition) is 2. The van der Waals surface area contributed by atoms with Crippen LogP contribution in [0.25, 0.3) is 10.2 Å². The molecule has 0 atom stereocenters. The van der Waals surface area contributed by atoms with Crippen LogP contribution in [0.1, 0.15) is 22.1 Å². The smallest absolute Gasteiger partial charge is 0.186 e. The lowest BCUT2D eigenvalue weighted by molar-refractivity contribution is 0.504. The predicted molar refractivity (Wildman–Crippen MR) is 93.3 cm³/mol. The molecular formula is C20H12F3NS. The van der Waals surface area contributed by atoms with Crippen LogP contribution in [0.5, 0.6) is 0 Å². The minimum atomic E-state index is -1.22. The number of rotatable bonds is 3. The number of halogens is 3. The van der Waals surface area contributed by atoms with Crippen molar-refractivity contribution >= 4 is 21.6 Å². The largest absolute Gasteiger partial charge is 0.237 e. The molecule has 0 bridgehead atoms. The maximum absolute atomic E-state index is 14.1. The lowest BCUT2D eigenvalue weighted by Crippen LogP contribution is -2.02. The molecule has 0 aliphatic carbocycles. The van der Waals surface area contributed by atoms with E-state index < -0.39 is 17.5 Å². The summed E-state index contributed by atoms with van der Waals surface area (Å²) in [6.07, 6.45) is 0. The van der Waals surface area contributed by atoms with Crippen molar-refractivity contribution in [3.63, 3.8) is 0 Å². The van der Waals surface area contributed by atoms with Crippen LogP contribution in [0.4, 0.5) is 13.2 Å². The molecule has 0 aliphatic heterocycles. The summed E-state index contributed by atoms with van der Waals surface area (Å²) in [6, 6.07) is 19.7. The molecule has 0 fully saturated rings. The Morgan fingerprint density at radius 3 is 1.88 bits per heavy atom. The quantitative estimate of drug-likeness (QED) is 0.417. The van der Waals surface area contributed by atoms with Crippen molar-refractivity contribution in [2.75, 3.05) is 0 Å². The van der Waals surface area contributed by atoms with Crippen LogP contribution in [-0.2, 0) is 0 Å². The fourth-order valence-corrected chi connectivity index (χ4v) is 4.02. The van der Waals surface area contributed by atoms with E-state index in [9.17, 15) is 13.2 Å². The maximum atomic E-state index is 14.1. The number of benzene rings is 3. The van der Waals surface area contributed by atoms with Gasteiger partial charge in [-0.1, -0.05) is 60.7 Å². The average molecular weight is 355 g/mol. The van der Waals surface area contributed by atoms with E-state index in [0.29, 0.717) is 11.1 Å². The third-order valence-corrected chi connectivity index (χ3v) is 5.17. The first-order chi connectivity index (χ1) is 12.1. The second kappa shape index (κ2) is 6.33. The highest BCUT2D eigenvalue weighted by Crippen LogP contribution is 2.38. The summed E-state index contributed by atoms with van der Waals surface area (Å²) in [5, 5.41) is 0.524. The summed E-state index contributed by atoms with van der Waals surface area (Å²) < 4.78 is 41.7. The highest BCUT2D eigenvalue weighted by Gasteiger charge is 2.24. The maximum Gasteiger partial charge on any atom is 0.186 e. The molecule has 1 aromatic heterocycles. The molecule has 0 aliphatic rings. The van der Waals surface area contributed by atoms with Crippen molar-refractivity contribution < 1.29 is 13.2 Å². The first-order valence-electron chi connectivity index (χ1n) is 7.69. The zero-order valence-electron chi connectivity index (χ0n) is 12.9. The Kier molecular flexibility index (Phi) is 4.01. The van der Waals surface area contributed by atoms with Gasteiger partial charge < -0.3 is 0 Å². The summed E-state index contributed by atoms with van der Waals surface area (Å²) in [5.74, 6) is -3.41. The van der Waals surface area contributed by atoms with E-state index in [-0.39, 0.29) is 16.1 Å². The Morgan fingerprint density at radius 1 is 0.760 bits per heavy atom. The van der Waals surface area contributed by atoms with Crippen LogP contribution in [0.15, 0.2) is 66.7 Å². The molecule has 1 heterocycles. The van der Waals surface area contributed by atoms with E-state index in [1.54, 1.807) is 0 Å². The minimum absolute atomic E-state index is 0.0331. The third-order valence-electron chi connectivity index (χ3n) is 4.04. The van der Waals surface area contributed by atoms with Crippen molar-refractivity contribution in [1.82, 2.24) is 4.98 Å². The second-order valence-corrected chi connectivity index (χ2v) is 6.67. The van der Waals surface area contributed by atoms with Crippen LogP contribution in [0, 0.1) is 17.5 Å². The average Bonchev–Trinajstić information content (AvgIpc) is 3.08. The van der Waals surface area contributed by atoms with Crippen molar-refractivity contribution in [2.24, 2.45) is 0 Å². The standard InChI is InChI=1S/C20H12F3NS/c21-14-11-15(22)19-18(17(14)23)24-20(25-19)16(12-7-3-1-4-8-12)13-9-5-2-6-10-13/h1-11,16H. The highest BCUT2D eigenvalue weighted by atomic mass is 32.1. The van der Waals surface area contributed by atoms with E-state index in [1.807, 2.05) is 60.7 Å². The number of nitrogens with zero attached hydrogens (tertiary/aromatic N) is 1. The van der Waals surface area contributed by atoms with E-state index in [1.165, 1.54) is 0 Å². The molecule has 0 radical (unpaired) electrons. The van der Waals surface area contributed by atoms with Gasteiger partial charge >= 0.3 is 0 Å². The molecule has 0 N–H and O–H groups in total. The van der Waals surface area contributed by atoms with Crippen LogP contribution in [-0.4, -0.2) is 4.98 Å². The van der Waals surface area contributed by atoms with Gasteiger partial charge in [0.05, 0.1) is 10.6 Å². The Labute approximate surface area is 146 Å². The fourth-order valence-electron chi connectivity index (χ4n) is 2.89. The number of fused-ring (bicyclic) bond motifs is 1. The lowest BCUT2D eigenvalue weighted by atomic mass is 9.92. The van der Waals surface area contributed by atoms with Gasteiger partial charge in [0.25, 0.3) is 0 Å². The number of thiazole rings is 1. The first kappa shape index (κ1) is 15.8. The third kappa shape index (κ3) is 2.81. The van der Waals surface area contributed by atoms with E-state index in [2.05, 4.69) is 4.98 Å². The zero-order valence-corrected chi connectivity index (χ0v) is 13.7. The van der Waals surface area contributed by atoms with Crippen molar-refractivity contribution in [1.29, 1.82) is 0 Å². The van der Waals surface area contributed by atoms with Crippen molar-refractivity contribution in [3.8, 4) is 0 Å². The van der Waals surface area contributed by atoms with Gasteiger partial charge in [0.2, 0.25) is 0 Å². The van der Waals surface area contributed by atoms with Crippen LogP contribution in [0.3, 0.4) is 0 Å². The van der Waals surface area contributed by atoms with Crippen LogP contribution in [0.2, 0.25) is 0 Å². The Bertz CT molecular complexity index is 990. The molecule has 124 valence electrons.